The Labute approximate surface area is 206 Å². The van der Waals surface area contributed by atoms with Gasteiger partial charge in [0.2, 0.25) is 0 Å². The third-order valence-corrected chi connectivity index (χ3v) is 5.91. The van der Waals surface area contributed by atoms with Gasteiger partial charge in [0.15, 0.2) is 12.1 Å². The lowest BCUT2D eigenvalue weighted by atomic mass is 9.98. The van der Waals surface area contributed by atoms with Gasteiger partial charge in [0.05, 0.1) is 19.8 Å². The summed E-state index contributed by atoms with van der Waals surface area (Å²) in [5.41, 5.74) is 2.57. The fourth-order valence-corrected chi connectivity index (χ4v) is 3.87. The number of hydrogen-bond donors (Lipinski definition) is 4. The van der Waals surface area contributed by atoms with E-state index < -0.39 is 43.3 Å². The van der Waals surface area contributed by atoms with Crippen LogP contribution in [0.15, 0.2) is 53.1 Å². The number of carbonyl (C=O) groups is 1. The van der Waals surface area contributed by atoms with Crippen LogP contribution in [0.5, 0.6) is 11.5 Å². The highest BCUT2D eigenvalue weighted by Crippen LogP contribution is 2.36. The molecule has 0 spiro atoms. The highest BCUT2D eigenvalue weighted by molar-refractivity contribution is 5.85. The zero-order valence-electron chi connectivity index (χ0n) is 19.6. The van der Waals surface area contributed by atoms with Crippen molar-refractivity contribution in [1.29, 1.82) is 0 Å². The molecule has 0 aliphatic carbocycles. The van der Waals surface area contributed by atoms with Crippen molar-refractivity contribution in [3.8, 4) is 33.9 Å². The van der Waals surface area contributed by atoms with Gasteiger partial charge in [0.1, 0.15) is 54.6 Å². The second-order valence-corrected chi connectivity index (χ2v) is 8.18. The Morgan fingerprint density at radius 3 is 2.03 bits per heavy atom. The predicted molar refractivity (Wildman–Crippen MR) is 124 cm³/mol. The predicted octanol–water partition coefficient (Wildman–Crippen LogP) is 0.911. The first kappa shape index (κ1) is 25.6. The van der Waals surface area contributed by atoms with Crippen LogP contribution in [0.3, 0.4) is 0 Å². The monoisotopic (exact) mass is 501 g/mol. The van der Waals surface area contributed by atoms with E-state index in [1.54, 1.807) is 38.5 Å². The first-order valence-electron chi connectivity index (χ1n) is 11.1. The summed E-state index contributed by atoms with van der Waals surface area (Å²) in [5, 5.41) is 43.3. The molecule has 1 unspecified atom stereocenters. The van der Waals surface area contributed by atoms with E-state index in [4.69, 9.17) is 23.5 Å². The van der Waals surface area contributed by atoms with Gasteiger partial charge in [-0.15, -0.1) is 0 Å². The van der Waals surface area contributed by atoms with Gasteiger partial charge in [-0.1, -0.05) is 17.3 Å². The molecule has 4 rings (SSSR count). The molecular weight excluding hydrogens is 474 g/mol. The van der Waals surface area contributed by atoms with Gasteiger partial charge in [0.25, 0.3) is 0 Å². The van der Waals surface area contributed by atoms with Crippen LogP contribution in [0.4, 0.5) is 0 Å². The Kier molecular flexibility index (Phi) is 7.87. The van der Waals surface area contributed by atoms with Crippen molar-refractivity contribution in [3.63, 3.8) is 0 Å². The molecule has 4 N–H and O–H groups in total. The van der Waals surface area contributed by atoms with Crippen molar-refractivity contribution >= 4 is 5.97 Å². The van der Waals surface area contributed by atoms with E-state index in [0.29, 0.717) is 22.8 Å². The number of aliphatic hydroxyl groups excluding tert-OH is 4. The molecule has 1 aromatic heterocycles. The van der Waals surface area contributed by atoms with Crippen LogP contribution in [0.2, 0.25) is 0 Å². The highest BCUT2D eigenvalue weighted by Gasteiger charge is 2.43. The van der Waals surface area contributed by atoms with Crippen molar-refractivity contribution in [3.05, 3.63) is 54.3 Å². The molecule has 2 heterocycles. The SMILES string of the molecule is COc1ccc(-c2noc(CC(=O)OC[C@@H]3O[C@@H](O)C(O)[C@@H](O)[C@H]3O)c2-c2ccc(OC)cc2)cc1. The number of esters is 1. The molecule has 11 heteroatoms. The number of rotatable bonds is 8. The van der Waals surface area contributed by atoms with Crippen molar-refractivity contribution in [2.45, 2.75) is 37.1 Å². The van der Waals surface area contributed by atoms with Gasteiger partial charge in [-0.25, -0.2) is 0 Å². The van der Waals surface area contributed by atoms with Crippen LogP contribution < -0.4 is 9.47 Å². The molecule has 1 aliphatic heterocycles. The summed E-state index contributed by atoms with van der Waals surface area (Å²) >= 11 is 0. The number of hydrogen-bond acceptors (Lipinski definition) is 11. The third-order valence-electron chi connectivity index (χ3n) is 5.91. The largest absolute Gasteiger partial charge is 0.497 e. The molecule has 1 saturated heterocycles. The van der Waals surface area contributed by atoms with E-state index in [1.807, 2.05) is 24.3 Å². The summed E-state index contributed by atoms with van der Waals surface area (Å²) < 4.78 is 26.2. The van der Waals surface area contributed by atoms with Gasteiger partial charge in [0, 0.05) is 5.56 Å². The number of benzene rings is 2. The average Bonchev–Trinajstić information content (AvgIpc) is 3.32. The Balaban J connectivity index is 1.55. The first-order valence-corrected chi connectivity index (χ1v) is 11.1. The molecule has 192 valence electrons. The quantitative estimate of drug-likeness (QED) is 0.325. The zero-order chi connectivity index (χ0) is 25.8. The zero-order valence-corrected chi connectivity index (χ0v) is 19.6. The summed E-state index contributed by atoms with van der Waals surface area (Å²) in [6, 6.07) is 14.4. The van der Waals surface area contributed by atoms with Gasteiger partial charge < -0.3 is 43.9 Å². The molecule has 0 radical (unpaired) electrons. The fraction of sp³-hybridized carbons (Fsp3) is 0.360. The maximum atomic E-state index is 12.6. The van der Waals surface area contributed by atoms with Crippen molar-refractivity contribution < 1.29 is 48.7 Å². The van der Waals surface area contributed by atoms with Gasteiger partial charge in [-0.2, -0.15) is 0 Å². The number of ether oxygens (including phenoxy) is 4. The topological polar surface area (TPSA) is 161 Å². The molecular formula is C25H27NO10. The number of carbonyl (C=O) groups excluding carboxylic acids is 1. The second kappa shape index (κ2) is 11.1. The normalized spacial score (nSPS) is 23.8. The minimum atomic E-state index is -1.73. The van der Waals surface area contributed by atoms with Crippen molar-refractivity contribution in [2.75, 3.05) is 20.8 Å². The van der Waals surface area contributed by atoms with Crippen LogP contribution in [0.25, 0.3) is 22.4 Å². The smallest absolute Gasteiger partial charge is 0.313 e. The van der Waals surface area contributed by atoms with Gasteiger partial charge in [-0.3, -0.25) is 4.79 Å². The van der Waals surface area contributed by atoms with Crippen LogP contribution in [-0.4, -0.2) is 83.1 Å². The summed E-state index contributed by atoms with van der Waals surface area (Å²) in [5.74, 6) is 0.860. The molecule has 1 fully saturated rings. The maximum Gasteiger partial charge on any atom is 0.313 e. The molecule has 0 amide bonds. The van der Waals surface area contributed by atoms with Crippen LogP contribution in [-0.2, 0) is 20.7 Å². The Bertz CT molecular complexity index is 1160. The van der Waals surface area contributed by atoms with Crippen molar-refractivity contribution in [1.82, 2.24) is 5.16 Å². The average molecular weight is 501 g/mol. The Morgan fingerprint density at radius 2 is 1.44 bits per heavy atom. The molecule has 11 nitrogen and oxygen atoms in total. The third kappa shape index (κ3) is 5.35. The summed E-state index contributed by atoms with van der Waals surface area (Å²) in [4.78, 5) is 12.6. The van der Waals surface area contributed by atoms with Crippen LogP contribution in [0.1, 0.15) is 5.76 Å². The number of nitrogens with zero attached hydrogens (tertiary/aromatic N) is 1. The molecule has 5 atom stereocenters. The minimum absolute atomic E-state index is 0.247. The lowest BCUT2D eigenvalue weighted by molar-refractivity contribution is -0.287. The van der Waals surface area contributed by atoms with E-state index in [2.05, 4.69) is 5.16 Å². The lowest BCUT2D eigenvalue weighted by Crippen LogP contribution is -2.58. The molecule has 0 saturated carbocycles. The van der Waals surface area contributed by atoms with E-state index in [-0.39, 0.29) is 12.2 Å². The second-order valence-electron chi connectivity index (χ2n) is 8.18. The minimum Gasteiger partial charge on any atom is -0.497 e. The molecule has 2 aromatic carbocycles. The lowest BCUT2D eigenvalue weighted by Gasteiger charge is -2.37. The molecule has 0 bridgehead atoms. The number of methoxy groups -OCH3 is 2. The Hall–Kier alpha value is -3.48. The maximum absolute atomic E-state index is 12.6. The molecule has 36 heavy (non-hydrogen) atoms. The standard InChI is InChI=1S/C25H27NO10/c1-32-15-7-3-13(4-8-15)20-17(36-26-21(20)14-5-9-16(33-2)10-6-14)11-19(27)34-12-18-22(28)23(29)24(30)25(31)35-18/h3-10,18,22-25,28-31H,11-12H2,1-2H3/t18-,22-,23-,24?,25+/m0/s1. The Morgan fingerprint density at radius 1 is 0.861 bits per heavy atom. The molecule has 3 aromatic rings. The van der Waals surface area contributed by atoms with Crippen LogP contribution >= 0.6 is 0 Å². The van der Waals surface area contributed by atoms with Gasteiger partial charge in [-0.05, 0) is 42.0 Å². The number of aliphatic hydroxyl groups is 4. The highest BCUT2D eigenvalue weighted by atomic mass is 16.6. The summed E-state index contributed by atoms with van der Waals surface area (Å²) in [6.45, 7) is -0.460. The number of aromatic nitrogens is 1. The van der Waals surface area contributed by atoms with Crippen LogP contribution in [0, 0.1) is 0 Å². The summed E-state index contributed by atoms with van der Waals surface area (Å²) in [7, 11) is 3.13. The molecule has 1 aliphatic rings. The van der Waals surface area contributed by atoms with E-state index >= 15 is 0 Å². The first-order chi connectivity index (χ1) is 17.3. The van der Waals surface area contributed by atoms with Gasteiger partial charge >= 0.3 is 5.97 Å². The summed E-state index contributed by atoms with van der Waals surface area (Å²) in [6.07, 6.45) is -8.13. The van der Waals surface area contributed by atoms with E-state index in [0.717, 1.165) is 11.1 Å². The van der Waals surface area contributed by atoms with E-state index in [1.165, 1.54) is 0 Å². The van der Waals surface area contributed by atoms with Crippen molar-refractivity contribution in [2.24, 2.45) is 0 Å². The van der Waals surface area contributed by atoms with E-state index in [9.17, 15) is 25.2 Å². The fourth-order valence-electron chi connectivity index (χ4n) is 3.87.